The molecule has 2 saturated heterocycles. The first-order valence-electron chi connectivity index (χ1n) is 11.1. The third kappa shape index (κ3) is 3.25. The zero-order valence-corrected chi connectivity index (χ0v) is 18.9. The van der Waals surface area contributed by atoms with Crippen LogP contribution in [0.3, 0.4) is 0 Å². The average Bonchev–Trinajstić information content (AvgIpc) is 3.12. The monoisotopic (exact) mass is 457 g/mol. The Balaban J connectivity index is 1.57. The average molecular weight is 457 g/mol. The van der Waals surface area contributed by atoms with Gasteiger partial charge in [-0.2, -0.15) is 0 Å². The van der Waals surface area contributed by atoms with Crippen LogP contribution in [0.5, 0.6) is 5.75 Å². The van der Waals surface area contributed by atoms with Crippen LogP contribution in [0.25, 0.3) is 0 Å². The first-order valence-corrected chi connectivity index (χ1v) is 11.1. The number of carbonyl (C=O) groups is 3. The second-order valence-corrected chi connectivity index (χ2v) is 9.43. The number of hydrogen-bond donors (Lipinski definition) is 2. The van der Waals surface area contributed by atoms with Crippen LogP contribution in [-0.4, -0.2) is 83.3 Å². The van der Waals surface area contributed by atoms with Gasteiger partial charge in [-0.25, -0.2) is 0 Å². The SMILES string of the molecule is C[C@H]1OC2CC(=O)OC2C2=C1C(=O)c1c(ccc(C3C[C@@H](N(C)C)[C@H](O)[C@@H](C)O3)c1O)C2=O. The predicted molar refractivity (Wildman–Crippen MR) is 114 cm³/mol. The van der Waals surface area contributed by atoms with Crippen LogP contribution >= 0.6 is 0 Å². The molecule has 4 aliphatic rings. The quantitative estimate of drug-likeness (QED) is 0.633. The Hall–Kier alpha value is -2.59. The molecule has 0 amide bonds. The van der Waals surface area contributed by atoms with Crippen LogP contribution in [0.2, 0.25) is 0 Å². The molecule has 2 fully saturated rings. The highest BCUT2D eigenvalue weighted by Crippen LogP contribution is 2.45. The van der Waals surface area contributed by atoms with Gasteiger partial charge in [-0.1, -0.05) is 6.07 Å². The molecule has 9 nitrogen and oxygen atoms in total. The molecule has 3 unspecified atom stereocenters. The van der Waals surface area contributed by atoms with Crippen molar-refractivity contribution in [1.82, 2.24) is 4.90 Å². The second kappa shape index (κ2) is 7.73. The number of benzene rings is 1. The minimum Gasteiger partial charge on any atom is -0.507 e. The van der Waals surface area contributed by atoms with Crippen molar-refractivity contribution in [3.63, 3.8) is 0 Å². The summed E-state index contributed by atoms with van der Waals surface area (Å²) in [6.07, 6.45) is -3.57. The number of likely N-dealkylation sites (N-methyl/N-ethyl adjacent to an activating group) is 1. The number of rotatable bonds is 2. The summed E-state index contributed by atoms with van der Waals surface area (Å²) < 4.78 is 17.1. The van der Waals surface area contributed by atoms with Gasteiger partial charge in [-0.15, -0.1) is 0 Å². The number of nitrogens with zero attached hydrogens (tertiary/aromatic N) is 1. The molecular formula is C24H27NO8. The molecule has 176 valence electrons. The van der Waals surface area contributed by atoms with Crippen molar-refractivity contribution in [3.05, 3.63) is 40.0 Å². The summed E-state index contributed by atoms with van der Waals surface area (Å²) in [4.78, 5) is 40.7. The van der Waals surface area contributed by atoms with Crippen molar-refractivity contribution in [2.45, 2.75) is 69.4 Å². The Morgan fingerprint density at radius 3 is 2.45 bits per heavy atom. The van der Waals surface area contributed by atoms with Crippen LogP contribution in [0, 0.1) is 0 Å². The zero-order valence-electron chi connectivity index (χ0n) is 18.9. The van der Waals surface area contributed by atoms with Gasteiger partial charge < -0.3 is 29.3 Å². The first kappa shape index (κ1) is 22.2. The summed E-state index contributed by atoms with van der Waals surface area (Å²) in [5.74, 6) is -1.74. The van der Waals surface area contributed by atoms with E-state index < -0.39 is 54.2 Å². The first-order chi connectivity index (χ1) is 15.6. The minimum atomic E-state index is -0.917. The topological polar surface area (TPSA) is 123 Å². The minimum absolute atomic E-state index is 0.0282. The summed E-state index contributed by atoms with van der Waals surface area (Å²) in [6.45, 7) is 3.41. The number of aliphatic hydroxyl groups is 1. The zero-order chi connectivity index (χ0) is 23.8. The van der Waals surface area contributed by atoms with E-state index in [4.69, 9.17) is 14.2 Å². The summed E-state index contributed by atoms with van der Waals surface area (Å²) in [5, 5.41) is 21.7. The number of phenolic OH excluding ortho intramolecular Hbond substituents is 1. The van der Waals surface area contributed by atoms with E-state index in [1.807, 2.05) is 19.0 Å². The maximum atomic E-state index is 13.5. The molecule has 0 aromatic heterocycles. The highest BCUT2D eigenvalue weighted by Gasteiger charge is 2.51. The van der Waals surface area contributed by atoms with Gasteiger partial charge in [0.25, 0.3) is 0 Å². The van der Waals surface area contributed by atoms with E-state index >= 15 is 0 Å². The van der Waals surface area contributed by atoms with Gasteiger partial charge in [0.15, 0.2) is 17.7 Å². The Morgan fingerprint density at radius 1 is 1.03 bits per heavy atom. The largest absolute Gasteiger partial charge is 0.507 e. The molecule has 5 rings (SSSR count). The standard InChI is InChI=1S/C24H27NO8/c1-9-17-19(24-15(31-9)8-16(26)33-24)22(29)12-6-5-11(21(28)18(12)23(17)30)14-7-13(25(3)4)20(27)10(2)32-14/h5-6,9-10,13-15,20,24,27-28H,7-8H2,1-4H3/t9-,10-,13-,14?,15?,20-,24?/m1/s1. The number of aromatic hydroxyl groups is 1. The van der Waals surface area contributed by atoms with Crippen LogP contribution < -0.4 is 0 Å². The lowest BCUT2D eigenvalue weighted by atomic mass is 9.76. The summed E-state index contributed by atoms with van der Waals surface area (Å²) in [7, 11) is 3.72. The molecule has 0 saturated carbocycles. The molecule has 3 heterocycles. The fraction of sp³-hybridized carbons (Fsp3) is 0.542. The van der Waals surface area contributed by atoms with Gasteiger partial charge in [0, 0.05) is 22.7 Å². The van der Waals surface area contributed by atoms with Crippen molar-refractivity contribution >= 4 is 17.5 Å². The molecule has 9 heteroatoms. The molecule has 33 heavy (non-hydrogen) atoms. The maximum Gasteiger partial charge on any atom is 0.309 e. The van der Waals surface area contributed by atoms with Gasteiger partial charge in [0.2, 0.25) is 0 Å². The van der Waals surface area contributed by atoms with Gasteiger partial charge in [-0.05, 0) is 40.4 Å². The van der Waals surface area contributed by atoms with Gasteiger partial charge in [-0.3, -0.25) is 14.4 Å². The number of ether oxygens (including phenoxy) is 3. The normalized spacial score (nSPS) is 35.9. The molecule has 7 atom stereocenters. The van der Waals surface area contributed by atoms with Crippen LogP contribution in [-0.2, 0) is 19.0 Å². The summed E-state index contributed by atoms with van der Waals surface area (Å²) in [5.41, 5.74) is 0.643. The highest BCUT2D eigenvalue weighted by atomic mass is 16.6. The van der Waals surface area contributed by atoms with E-state index in [0.717, 1.165) is 0 Å². The lowest BCUT2D eigenvalue weighted by Gasteiger charge is -2.41. The van der Waals surface area contributed by atoms with Crippen molar-refractivity contribution in [1.29, 1.82) is 0 Å². The third-order valence-corrected chi connectivity index (χ3v) is 7.21. The molecule has 1 aliphatic carbocycles. The molecule has 0 spiro atoms. The van der Waals surface area contributed by atoms with E-state index in [-0.39, 0.29) is 40.5 Å². The number of phenols is 1. The van der Waals surface area contributed by atoms with E-state index in [0.29, 0.717) is 12.0 Å². The fourth-order valence-electron chi connectivity index (χ4n) is 5.51. The number of esters is 1. The number of hydrogen-bond acceptors (Lipinski definition) is 9. The Kier molecular flexibility index (Phi) is 5.20. The fourth-order valence-corrected chi connectivity index (χ4v) is 5.51. The summed E-state index contributed by atoms with van der Waals surface area (Å²) in [6, 6.07) is 2.90. The number of Topliss-reactive ketones (excluding diaryl/α,β-unsaturated/α-hetero) is 2. The second-order valence-electron chi connectivity index (χ2n) is 9.43. The van der Waals surface area contributed by atoms with Gasteiger partial charge >= 0.3 is 5.97 Å². The molecule has 0 bridgehead atoms. The molecule has 1 aromatic carbocycles. The molecule has 3 aliphatic heterocycles. The van der Waals surface area contributed by atoms with Crippen LogP contribution in [0.1, 0.15) is 59.1 Å². The van der Waals surface area contributed by atoms with Crippen LogP contribution in [0.4, 0.5) is 0 Å². The van der Waals surface area contributed by atoms with E-state index in [9.17, 15) is 24.6 Å². The van der Waals surface area contributed by atoms with Crippen molar-refractivity contribution in [3.8, 4) is 5.75 Å². The molecule has 1 aromatic rings. The Bertz CT molecular complexity index is 1090. The van der Waals surface area contributed by atoms with Gasteiger partial charge in [0.05, 0.1) is 42.0 Å². The van der Waals surface area contributed by atoms with E-state index in [1.165, 1.54) is 6.07 Å². The number of fused-ring (bicyclic) bond motifs is 3. The highest BCUT2D eigenvalue weighted by molar-refractivity contribution is 6.29. The Morgan fingerprint density at radius 2 is 1.76 bits per heavy atom. The van der Waals surface area contributed by atoms with E-state index in [1.54, 1.807) is 19.9 Å². The number of ketones is 2. The van der Waals surface area contributed by atoms with Crippen molar-refractivity contribution < 1.29 is 38.8 Å². The predicted octanol–water partition coefficient (Wildman–Crippen LogP) is 1.31. The number of aliphatic hydroxyl groups excluding tert-OH is 1. The molecule has 2 N–H and O–H groups in total. The van der Waals surface area contributed by atoms with Crippen LogP contribution in [0.15, 0.2) is 23.3 Å². The lowest BCUT2D eigenvalue weighted by molar-refractivity contribution is -0.142. The molecule has 0 radical (unpaired) electrons. The molecular weight excluding hydrogens is 430 g/mol. The Labute approximate surface area is 190 Å². The summed E-state index contributed by atoms with van der Waals surface area (Å²) >= 11 is 0. The number of carbonyl (C=O) groups excluding carboxylic acids is 3. The van der Waals surface area contributed by atoms with Crippen molar-refractivity contribution in [2.24, 2.45) is 0 Å². The van der Waals surface area contributed by atoms with E-state index in [2.05, 4.69) is 0 Å². The maximum absolute atomic E-state index is 13.5. The third-order valence-electron chi connectivity index (χ3n) is 7.21. The smallest absolute Gasteiger partial charge is 0.309 e. The van der Waals surface area contributed by atoms with Crippen molar-refractivity contribution in [2.75, 3.05) is 14.1 Å². The lowest BCUT2D eigenvalue weighted by Crippen LogP contribution is -2.50. The van der Waals surface area contributed by atoms with Gasteiger partial charge in [0.1, 0.15) is 11.9 Å².